The Balaban J connectivity index is 1.25. The standard InChI is InChI=1S/C38H44N2/c39-36-18-10-30(11-19-36)26-28-6-14-34(15-7-28)38(24-22-33(23-25-38)32-4-2-1-3-5-32)35-16-8-29(9-17-35)27-31-12-20-37(40)21-13-31/h6-21,32-33H,1-5,22-27,39-40H2. The zero-order valence-corrected chi connectivity index (χ0v) is 23.8. The summed E-state index contributed by atoms with van der Waals surface area (Å²) in [5.74, 6) is 1.86. The molecule has 0 atom stereocenters. The van der Waals surface area contributed by atoms with Crippen LogP contribution in [0.4, 0.5) is 11.4 Å². The molecule has 2 saturated carbocycles. The molecule has 2 fully saturated rings. The molecule has 0 spiro atoms. The average Bonchev–Trinajstić information content (AvgIpc) is 3.01. The summed E-state index contributed by atoms with van der Waals surface area (Å²) < 4.78 is 0. The Labute approximate surface area is 240 Å². The van der Waals surface area contributed by atoms with Crippen molar-refractivity contribution in [2.45, 2.75) is 76.0 Å². The van der Waals surface area contributed by atoms with Crippen molar-refractivity contribution in [3.05, 3.63) is 130 Å². The zero-order valence-electron chi connectivity index (χ0n) is 23.8. The lowest BCUT2D eigenvalue weighted by molar-refractivity contribution is 0.163. The van der Waals surface area contributed by atoms with Crippen LogP contribution in [0.5, 0.6) is 0 Å². The highest BCUT2D eigenvalue weighted by Gasteiger charge is 2.40. The first-order chi connectivity index (χ1) is 19.6. The van der Waals surface area contributed by atoms with Crippen molar-refractivity contribution in [1.29, 1.82) is 0 Å². The highest BCUT2D eigenvalue weighted by atomic mass is 14.5. The summed E-state index contributed by atoms with van der Waals surface area (Å²) in [5, 5.41) is 0. The molecule has 0 amide bonds. The summed E-state index contributed by atoms with van der Waals surface area (Å²) in [6.07, 6.45) is 14.3. The van der Waals surface area contributed by atoms with Crippen molar-refractivity contribution >= 4 is 11.4 Å². The third kappa shape index (κ3) is 5.97. The molecule has 0 unspecified atom stereocenters. The van der Waals surface area contributed by atoms with Crippen molar-refractivity contribution in [1.82, 2.24) is 0 Å². The molecule has 40 heavy (non-hydrogen) atoms. The van der Waals surface area contributed by atoms with Gasteiger partial charge in [-0.3, -0.25) is 0 Å². The van der Waals surface area contributed by atoms with E-state index in [1.807, 2.05) is 24.3 Å². The highest BCUT2D eigenvalue weighted by Crippen LogP contribution is 2.50. The molecule has 0 saturated heterocycles. The topological polar surface area (TPSA) is 52.0 Å². The number of rotatable bonds is 7. The average molecular weight is 529 g/mol. The Morgan fingerprint density at radius 1 is 0.450 bits per heavy atom. The Hall–Kier alpha value is -3.52. The molecule has 0 aliphatic heterocycles. The van der Waals surface area contributed by atoms with Crippen LogP contribution in [-0.4, -0.2) is 0 Å². The van der Waals surface area contributed by atoms with E-state index in [0.717, 1.165) is 36.1 Å². The maximum atomic E-state index is 5.90. The molecule has 0 heterocycles. The quantitative estimate of drug-likeness (QED) is 0.235. The summed E-state index contributed by atoms with van der Waals surface area (Å²) in [4.78, 5) is 0. The predicted molar refractivity (Wildman–Crippen MR) is 170 cm³/mol. The zero-order chi connectivity index (χ0) is 27.4. The van der Waals surface area contributed by atoms with Gasteiger partial charge in [0.15, 0.2) is 0 Å². The van der Waals surface area contributed by atoms with Gasteiger partial charge in [0.25, 0.3) is 0 Å². The number of anilines is 2. The molecule has 206 valence electrons. The van der Waals surface area contributed by atoms with E-state index in [4.69, 9.17) is 11.5 Å². The van der Waals surface area contributed by atoms with Gasteiger partial charge < -0.3 is 11.5 Å². The molecular formula is C38H44N2. The van der Waals surface area contributed by atoms with Gasteiger partial charge in [-0.1, -0.05) is 105 Å². The summed E-state index contributed by atoms with van der Waals surface area (Å²) in [7, 11) is 0. The summed E-state index contributed by atoms with van der Waals surface area (Å²) >= 11 is 0. The fourth-order valence-corrected chi connectivity index (χ4v) is 7.58. The second kappa shape index (κ2) is 11.9. The third-order valence-corrected chi connectivity index (χ3v) is 9.99. The SMILES string of the molecule is Nc1ccc(Cc2ccc(C3(c4ccc(Cc5ccc(N)cc5)cc4)CCC(C4CCCCC4)CC3)cc2)cc1. The first kappa shape index (κ1) is 26.7. The van der Waals surface area contributed by atoms with Crippen molar-refractivity contribution in [3.8, 4) is 0 Å². The number of nitrogen functional groups attached to an aromatic ring is 2. The van der Waals surface area contributed by atoms with Gasteiger partial charge in [-0.2, -0.15) is 0 Å². The summed E-state index contributed by atoms with van der Waals surface area (Å²) in [6, 6.07) is 35.7. The number of benzene rings is 4. The molecule has 0 bridgehead atoms. The second-order valence-corrected chi connectivity index (χ2v) is 12.5. The highest BCUT2D eigenvalue weighted by molar-refractivity contribution is 5.45. The number of nitrogens with two attached hydrogens (primary N) is 2. The smallest absolute Gasteiger partial charge is 0.0314 e. The van der Waals surface area contributed by atoms with Crippen molar-refractivity contribution in [2.24, 2.45) is 11.8 Å². The van der Waals surface area contributed by atoms with Crippen molar-refractivity contribution in [3.63, 3.8) is 0 Å². The lowest BCUT2D eigenvalue weighted by atomic mass is 9.60. The van der Waals surface area contributed by atoms with E-state index in [9.17, 15) is 0 Å². The van der Waals surface area contributed by atoms with Gasteiger partial charge in [-0.25, -0.2) is 0 Å². The minimum Gasteiger partial charge on any atom is -0.399 e. The normalized spacial score (nSPS) is 18.0. The van der Waals surface area contributed by atoms with E-state index in [2.05, 4.69) is 72.8 Å². The lowest BCUT2D eigenvalue weighted by Crippen LogP contribution is -2.35. The summed E-state index contributed by atoms with van der Waals surface area (Å²) in [6.45, 7) is 0. The first-order valence-electron chi connectivity index (χ1n) is 15.5. The van der Waals surface area contributed by atoms with Crippen LogP contribution in [0.2, 0.25) is 0 Å². The molecule has 4 aromatic carbocycles. The summed E-state index contributed by atoms with van der Waals surface area (Å²) in [5.41, 5.74) is 21.9. The van der Waals surface area contributed by atoms with Crippen LogP contribution in [-0.2, 0) is 18.3 Å². The van der Waals surface area contributed by atoms with E-state index in [-0.39, 0.29) is 5.41 Å². The first-order valence-corrected chi connectivity index (χ1v) is 15.5. The van der Waals surface area contributed by atoms with Crippen molar-refractivity contribution < 1.29 is 0 Å². The Bertz CT molecular complexity index is 1260. The molecular weight excluding hydrogens is 484 g/mol. The maximum Gasteiger partial charge on any atom is 0.0314 e. The van der Waals surface area contributed by atoms with Gasteiger partial charge in [0, 0.05) is 16.8 Å². The minimum atomic E-state index is 0.102. The van der Waals surface area contributed by atoms with E-state index in [1.54, 1.807) is 0 Å². The minimum absolute atomic E-state index is 0.102. The van der Waals surface area contributed by atoms with Crippen LogP contribution in [0.3, 0.4) is 0 Å². The largest absolute Gasteiger partial charge is 0.399 e. The monoisotopic (exact) mass is 528 g/mol. The molecule has 4 aromatic rings. The second-order valence-electron chi connectivity index (χ2n) is 12.5. The van der Waals surface area contributed by atoms with Crippen LogP contribution < -0.4 is 11.5 Å². The van der Waals surface area contributed by atoms with Gasteiger partial charge in [-0.15, -0.1) is 0 Å². The van der Waals surface area contributed by atoms with E-state index in [0.29, 0.717) is 0 Å². The maximum absolute atomic E-state index is 5.90. The Morgan fingerprint density at radius 3 is 1.20 bits per heavy atom. The number of hydrogen-bond donors (Lipinski definition) is 2. The van der Waals surface area contributed by atoms with Crippen LogP contribution in [0.15, 0.2) is 97.1 Å². The fourth-order valence-electron chi connectivity index (χ4n) is 7.58. The lowest BCUT2D eigenvalue weighted by Gasteiger charge is -2.44. The van der Waals surface area contributed by atoms with Gasteiger partial charge >= 0.3 is 0 Å². The molecule has 2 aliphatic carbocycles. The van der Waals surface area contributed by atoms with Crippen molar-refractivity contribution in [2.75, 3.05) is 11.5 Å². The van der Waals surface area contributed by atoms with Crippen LogP contribution in [0, 0.1) is 11.8 Å². The van der Waals surface area contributed by atoms with E-state index in [1.165, 1.54) is 91.2 Å². The number of hydrogen-bond acceptors (Lipinski definition) is 2. The molecule has 2 aliphatic rings. The van der Waals surface area contributed by atoms with Gasteiger partial charge in [0.05, 0.1) is 0 Å². The fraction of sp³-hybridized carbons (Fsp3) is 0.368. The predicted octanol–water partition coefficient (Wildman–Crippen LogP) is 9.09. The molecule has 2 heteroatoms. The van der Waals surface area contributed by atoms with E-state index < -0.39 is 0 Å². The van der Waals surface area contributed by atoms with Gasteiger partial charge in [0.1, 0.15) is 0 Å². The van der Waals surface area contributed by atoms with Crippen LogP contribution in [0.1, 0.15) is 91.2 Å². The van der Waals surface area contributed by atoms with Crippen LogP contribution >= 0.6 is 0 Å². The van der Waals surface area contributed by atoms with Gasteiger partial charge in [0.2, 0.25) is 0 Å². The van der Waals surface area contributed by atoms with Gasteiger partial charge in [-0.05, 0) is 108 Å². The molecule has 0 aromatic heterocycles. The third-order valence-electron chi connectivity index (χ3n) is 9.99. The molecule has 0 radical (unpaired) electrons. The van der Waals surface area contributed by atoms with Crippen LogP contribution in [0.25, 0.3) is 0 Å². The Kier molecular flexibility index (Phi) is 7.96. The molecule has 6 rings (SSSR count). The Morgan fingerprint density at radius 2 is 0.800 bits per heavy atom. The molecule has 4 N–H and O–H groups in total. The van der Waals surface area contributed by atoms with E-state index >= 15 is 0 Å². The molecule has 2 nitrogen and oxygen atoms in total.